The first-order chi connectivity index (χ1) is 19.0. The minimum absolute atomic E-state index is 0.0360. The molecule has 3 aromatic carbocycles. The first-order valence-electron chi connectivity index (χ1n) is 13.3. The quantitative estimate of drug-likeness (QED) is 0.293. The lowest BCUT2D eigenvalue weighted by Crippen LogP contribution is -2.49. The lowest BCUT2D eigenvalue weighted by molar-refractivity contribution is 0.0249. The van der Waals surface area contributed by atoms with E-state index in [-0.39, 0.29) is 11.0 Å². The van der Waals surface area contributed by atoms with Gasteiger partial charge in [-0.15, -0.1) is 0 Å². The number of rotatable bonds is 10. The highest BCUT2D eigenvalue weighted by molar-refractivity contribution is 7.89. The molecule has 0 bridgehead atoms. The number of hydrogen-bond donors (Lipinski definition) is 0. The van der Waals surface area contributed by atoms with E-state index in [0.29, 0.717) is 50.7 Å². The first-order valence-corrected chi connectivity index (χ1v) is 14.8. The summed E-state index contributed by atoms with van der Waals surface area (Å²) in [7, 11) is -1.71. The normalized spacial score (nSPS) is 15.8. The highest BCUT2D eigenvalue weighted by Crippen LogP contribution is 2.28. The van der Waals surface area contributed by atoms with Crippen molar-refractivity contribution >= 4 is 26.7 Å². The summed E-state index contributed by atoms with van der Waals surface area (Å²) in [5, 5.41) is 0.720. The second-order valence-corrected chi connectivity index (χ2v) is 11.7. The Morgan fingerprint density at radius 1 is 0.923 bits per heavy atom. The standard InChI is InChI=1S/C30H35N5O3S/c1-3-38-29(25-12-8-5-9-13-25)22-34-16-18-35(19-17-34)39(36,37)26-14-15-28-27(20-26)30(32-23-31-28)33(2)21-24-10-6-4-7-11-24/h4-15,20,23,29H,3,16-19,21-22H2,1-2H3. The molecule has 1 aliphatic heterocycles. The van der Waals surface area contributed by atoms with Crippen LogP contribution in [0.5, 0.6) is 0 Å². The number of hydrogen-bond acceptors (Lipinski definition) is 7. The van der Waals surface area contributed by atoms with Crippen LogP contribution in [-0.4, -0.2) is 74.0 Å². The van der Waals surface area contributed by atoms with Gasteiger partial charge in [0.1, 0.15) is 12.1 Å². The van der Waals surface area contributed by atoms with E-state index in [4.69, 9.17) is 4.74 Å². The second-order valence-electron chi connectivity index (χ2n) is 9.78. The molecule has 5 rings (SSSR count). The maximum atomic E-state index is 13.7. The Labute approximate surface area is 230 Å². The average Bonchev–Trinajstić information content (AvgIpc) is 2.97. The summed E-state index contributed by atoms with van der Waals surface area (Å²) < 4.78 is 35.0. The van der Waals surface area contributed by atoms with Crippen LogP contribution in [-0.2, 0) is 21.3 Å². The second kappa shape index (κ2) is 12.2. The van der Waals surface area contributed by atoms with Crippen molar-refractivity contribution in [2.75, 3.05) is 51.3 Å². The zero-order chi connectivity index (χ0) is 27.2. The molecule has 1 unspecified atom stereocenters. The smallest absolute Gasteiger partial charge is 0.243 e. The molecule has 1 saturated heterocycles. The van der Waals surface area contributed by atoms with Crippen LogP contribution >= 0.6 is 0 Å². The highest BCUT2D eigenvalue weighted by Gasteiger charge is 2.30. The Morgan fingerprint density at radius 3 is 2.31 bits per heavy atom. The molecular formula is C30H35N5O3S. The molecule has 1 atom stereocenters. The topological polar surface area (TPSA) is 78.9 Å². The maximum absolute atomic E-state index is 13.7. The summed E-state index contributed by atoms with van der Waals surface area (Å²) in [6, 6.07) is 25.5. The zero-order valence-corrected chi connectivity index (χ0v) is 23.3. The van der Waals surface area contributed by atoms with Gasteiger partial charge < -0.3 is 9.64 Å². The number of ether oxygens (including phenoxy) is 1. The fourth-order valence-electron chi connectivity index (χ4n) is 5.08. The summed E-state index contributed by atoms with van der Waals surface area (Å²) in [6.45, 7) is 6.17. The van der Waals surface area contributed by atoms with Crippen molar-refractivity contribution in [2.24, 2.45) is 0 Å². The number of aromatic nitrogens is 2. The molecule has 0 radical (unpaired) electrons. The van der Waals surface area contributed by atoms with E-state index in [9.17, 15) is 8.42 Å². The predicted octanol–water partition coefficient (Wildman–Crippen LogP) is 4.35. The number of nitrogens with zero attached hydrogens (tertiary/aromatic N) is 5. The Bertz CT molecular complexity index is 1480. The molecule has 1 fully saturated rings. The van der Waals surface area contributed by atoms with Crippen molar-refractivity contribution in [3.8, 4) is 0 Å². The van der Waals surface area contributed by atoms with Crippen molar-refractivity contribution in [2.45, 2.75) is 24.5 Å². The van der Waals surface area contributed by atoms with Crippen molar-refractivity contribution in [1.82, 2.24) is 19.2 Å². The molecule has 4 aromatic rings. The van der Waals surface area contributed by atoms with Gasteiger partial charge in [0.05, 0.1) is 16.5 Å². The van der Waals surface area contributed by atoms with Gasteiger partial charge in [0.15, 0.2) is 0 Å². The molecule has 204 valence electrons. The maximum Gasteiger partial charge on any atom is 0.243 e. The lowest BCUT2D eigenvalue weighted by Gasteiger charge is -2.35. The Morgan fingerprint density at radius 2 is 1.62 bits per heavy atom. The van der Waals surface area contributed by atoms with Crippen LogP contribution in [0.25, 0.3) is 10.9 Å². The number of benzene rings is 3. The molecule has 8 nitrogen and oxygen atoms in total. The average molecular weight is 546 g/mol. The van der Waals surface area contributed by atoms with Crippen molar-refractivity contribution in [3.63, 3.8) is 0 Å². The molecule has 1 aromatic heterocycles. The minimum Gasteiger partial charge on any atom is -0.372 e. The van der Waals surface area contributed by atoms with Gasteiger partial charge in [-0.25, -0.2) is 18.4 Å². The van der Waals surface area contributed by atoms with Crippen LogP contribution in [0.15, 0.2) is 90.1 Å². The summed E-state index contributed by atoms with van der Waals surface area (Å²) >= 11 is 0. The number of fused-ring (bicyclic) bond motifs is 1. The van der Waals surface area contributed by atoms with E-state index in [1.165, 1.54) is 6.33 Å². The summed E-state index contributed by atoms with van der Waals surface area (Å²) in [5.74, 6) is 0.702. The van der Waals surface area contributed by atoms with Crippen molar-refractivity contribution in [1.29, 1.82) is 0 Å². The molecule has 0 aliphatic carbocycles. The monoisotopic (exact) mass is 545 g/mol. The highest BCUT2D eigenvalue weighted by atomic mass is 32.2. The molecule has 0 saturated carbocycles. The lowest BCUT2D eigenvalue weighted by atomic mass is 10.1. The van der Waals surface area contributed by atoms with Crippen LogP contribution in [0, 0.1) is 0 Å². The van der Waals surface area contributed by atoms with Gasteiger partial charge in [-0.05, 0) is 36.2 Å². The molecule has 9 heteroatoms. The molecule has 2 heterocycles. The SMILES string of the molecule is CCOC(CN1CCN(S(=O)(=O)c2ccc3ncnc(N(C)Cc4ccccc4)c3c2)CC1)c1ccccc1. The third-order valence-electron chi connectivity index (χ3n) is 7.14. The number of anilines is 1. The van der Waals surface area contributed by atoms with Gasteiger partial charge in [-0.1, -0.05) is 60.7 Å². The Hall–Kier alpha value is -3.37. The summed E-state index contributed by atoms with van der Waals surface area (Å²) in [4.78, 5) is 13.5. The predicted molar refractivity (Wildman–Crippen MR) is 154 cm³/mol. The zero-order valence-electron chi connectivity index (χ0n) is 22.5. The molecule has 39 heavy (non-hydrogen) atoms. The van der Waals surface area contributed by atoms with E-state index in [1.807, 2.05) is 55.3 Å². The summed E-state index contributed by atoms with van der Waals surface area (Å²) in [5.41, 5.74) is 3.00. The number of sulfonamides is 1. The van der Waals surface area contributed by atoms with Gasteiger partial charge in [0.25, 0.3) is 0 Å². The van der Waals surface area contributed by atoms with E-state index in [2.05, 4.69) is 39.1 Å². The number of piperazine rings is 1. The molecule has 0 N–H and O–H groups in total. The van der Waals surface area contributed by atoms with E-state index in [0.717, 1.165) is 23.1 Å². The molecule has 1 aliphatic rings. The fraction of sp³-hybridized carbons (Fsp3) is 0.333. The van der Waals surface area contributed by atoms with Crippen molar-refractivity contribution < 1.29 is 13.2 Å². The molecule has 0 spiro atoms. The molecular weight excluding hydrogens is 510 g/mol. The van der Waals surface area contributed by atoms with E-state index in [1.54, 1.807) is 22.5 Å². The largest absolute Gasteiger partial charge is 0.372 e. The molecule has 0 amide bonds. The Balaban J connectivity index is 1.30. The van der Waals surface area contributed by atoms with Crippen LogP contribution in [0.4, 0.5) is 5.82 Å². The van der Waals surface area contributed by atoms with Crippen LogP contribution in [0.2, 0.25) is 0 Å². The Kier molecular flexibility index (Phi) is 8.52. The van der Waals surface area contributed by atoms with E-state index < -0.39 is 10.0 Å². The van der Waals surface area contributed by atoms with Crippen LogP contribution in [0.3, 0.4) is 0 Å². The first kappa shape index (κ1) is 27.2. The van der Waals surface area contributed by atoms with Gasteiger partial charge in [0.2, 0.25) is 10.0 Å². The van der Waals surface area contributed by atoms with Gasteiger partial charge >= 0.3 is 0 Å². The van der Waals surface area contributed by atoms with Gasteiger partial charge in [-0.2, -0.15) is 4.31 Å². The minimum atomic E-state index is -3.67. The van der Waals surface area contributed by atoms with Gasteiger partial charge in [0, 0.05) is 58.3 Å². The summed E-state index contributed by atoms with van der Waals surface area (Å²) in [6.07, 6.45) is 1.49. The van der Waals surface area contributed by atoms with Gasteiger partial charge in [-0.3, -0.25) is 4.90 Å². The van der Waals surface area contributed by atoms with Crippen molar-refractivity contribution in [3.05, 3.63) is 96.3 Å². The van der Waals surface area contributed by atoms with Crippen LogP contribution < -0.4 is 4.90 Å². The fourth-order valence-corrected chi connectivity index (χ4v) is 6.53. The van der Waals surface area contributed by atoms with E-state index >= 15 is 0 Å². The third kappa shape index (κ3) is 6.28. The third-order valence-corrected chi connectivity index (χ3v) is 9.04. The van der Waals surface area contributed by atoms with Crippen LogP contribution in [0.1, 0.15) is 24.2 Å².